The second-order valence-corrected chi connectivity index (χ2v) is 14.0. The molecule has 1 N–H and O–H groups in total. The summed E-state index contributed by atoms with van der Waals surface area (Å²) in [6.07, 6.45) is -72.6. The van der Waals surface area contributed by atoms with Crippen LogP contribution in [-0.2, 0) is 52.1 Å². The highest BCUT2D eigenvalue weighted by Crippen LogP contribution is 2.59. The number of alkyl halides is 27. The molecule has 0 aromatic rings. The molecule has 0 radical (unpaired) electrons. The fourth-order valence-electron chi connectivity index (χ4n) is 5.11. The normalized spacial score (nSPS) is 15.0. The van der Waals surface area contributed by atoms with Crippen molar-refractivity contribution < 1.29 is 176 Å². The van der Waals surface area contributed by atoms with Crippen LogP contribution in [0, 0.1) is 5.41 Å². The van der Waals surface area contributed by atoms with Crippen LogP contribution in [-0.4, -0.2) is 210 Å². The molecule has 0 saturated carbocycles. The first-order valence-electron chi connectivity index (χ1n) is 19.2. The van der Waals surface area contributed by atoms with E-state index in [9.17, 15) is 119 Å². The minimum absolute atomic E-state index is 0.0203. The van der Waals surface area contributed by atoms with Gasteiger partial charge in [0, 0.05) is 0 Å². The van der Waals surface area contributed by atoms with E-state index in [0.29, 0.717) is 0 Å². The molecule has 0 saturated heterocycles. The summed E-state index contributed by atoms with van der Waals surface area (Å²) in [4.78, 5) is 0. The van der Waals surface area contributed by atoms with E-state index in [1.54, 1.807) is 0 Å². The number of hydrogen-bond donors (Lipinski definition) is 1. The van der Waals surface area contributed by atoms with Gasteiger partial charge in [-0.3, -0.25) is 0 Å². The third kappa shape index (κ3) is 18.7. The Hall–Kier alpha value is -2.37. The van der Waals surface area contributed by atoms with Crippen LogP contribution in [0.25, 0.3) is 0 Å². The molecule has 0 aromatic carbocycles. The van der Waals surface area contributed by atoms with E-state index < -0.39 is 131 Å². The summed E-state index contributed by atoms with van der Waals surface area (Å²) < 4.78 is 418. The number of hydrogen-bond acceptors (Lipinski definition) is 12. The molecule has 0 aliphatic rings. The third-order valence-corrected chi connectivity index (χ3v) is 8.63. The molecule has 0 unspecified atom stereocenters. The lowest BCUT2D eigenvalue weighted by Gasteiger charge is -2.45. The number of rotatable bonds is 34. The fourth-order valence-corrected chi connectivity index (χ4v) is 5.11. The Labute approximate surface area is 386 Å². The van der Waals surface area contributed by atoms with Gasteiger partial charge in [0.2, 0.25) is 0 Å². The van der Waals surface area contributed by atoms with Gasteiger partial charge in [-0.1, -0.05) is 0 Å². The molecule has 0 atom stereocenters. The molecule has 0 bridgehead atoms. The SMILES string of the molecule is OCCOCCOCCOCCOCCOCCOCCOCCOCC(COC(C(F)(F)F)(C(F)(F)F)C(F)(F)F)(COC(C(F)(F)F)(C(F)(F)F)C(F)(F)F)COC(C(F)(F)F)(C(F)(F)F)C(F)(F)F. The van der Waals surface area contributed by atoms with Crippen LogP contribution in [0.2, 0.25) is 0 Å². The van der Waals surface area contributed by atoms with Gasteiger partial charge < -0.3 is 57.2 Å². The number of aliphatic hydroxyl groups excluding tert-OH is 1. The van der Waals surface area contributed by atoms with Gasteiger partial charge in [-0.05, 0) is 0 Å². The van der Waals surface area contributed by atoms with Gasteiger partial charge in [-0.25, -0.2) is 0 Å². The van der Waals surface area contributed by atoms with Gasteiger partial charge in [0.1, 0.15) is 0 Å². The van der Waals surface area contributed by atoms with Crippen molar-refractivity contribution in [2.45, 2.75) is 72.4 Å². The molecule has 72 heavy (non-hydrogen) atoms. The largest absolute Gasteiger partial charge is 0.435 e. The minimum atomic E-state index is -8.07. The van der Waals surface area contributed by atoms with Crippen LogP contribution in [0.1, 0.15) is 0 Å². The molecule has 0 spiro atoms. The highest BCUT2D eigenvalue weighted by atomic mass is 19.5. The summed E-state index contributed by atoms with van der Waals surface area (Å²) >= 11 is 0. The van der Waals surface area contributed by atoms with Gasteiger partial charge in [-0.2, -0.15) is 119 Å². The van der Waals surface area contributed by atoms with Crippen LogP contribution < -0.4 is 0 Å². The predicted molar refractivity (Wildman–Crippen MR) is 177 cm³/mol. The molecule has 0 rings (SSSR count). The maximum Gasteiger partial charge on any atom is 0.435 e. The van der Waals surface area contributed by atoms with Gasteiger partial charge in [0.05, 0.1) is 138 Å². The van der Waals surface area contributed by atoms with E-state index in [1.165, 1.54) is 0 Å². The molecule has 39 heteroatoms. The lowest BCUT2D eigenvalue weighted by molar-refractivity contribution is -0.474. The van der Waals surface area contributed by atoms with Gasteiger partial charge in [0.25, 0.3) is 0 Å². The molecular weight excluding hydrogens is 1100 g/mol. The second-order valence-electron chi connectivity index (χ2n) is 14.0. The molecule has 0 fully saturated rings. The summed E-state index contributed by atoms with van der Waals surface area (Å²) in [6, 6.07) is 0. The van der Waals surface area contributed by atoms with Gasteiger partial charge in [0.15, 0.2) is 0 Å². The van der Waals surface area contributed by atoms with Gasteiger partial charge >= 0.3 is 72.4 Å². The Morgan fingerprint density at radius 1 is 0.208 bits per heavy atom. The Morgan fingerprint density at radius 2 is 0.361 bits per heavy atom. The molecule has 0 aromatic heterocycles. The van der Waals surface area contributed by atoms with Crippen molar-refractivity contribution in [3.05, 3.63) is 0 Å². The number of halogens is 27. The van der Waals surface area contributed by atoms with E-state index in [4.69, 9.17) is 38.3 Å². The first kappa shape index (κ1) is 69.6. The number of aliphatic hydroxyl groups is 1. The van der Waals surface area contributed by atoms with Crippen molar-refractivity contribution in [2.24, 2.45) is 5.41 Å². The Kier molecular flexibility index (Phi) is 26.7. The van der Waals surface area contributed by atoms with E-state index in [2.05, 4.69) is 18.9 Å². The van der Waals surface area contributed by atoms with E-state index in [-0.39, 0.29) is 79.3 Å². The Morgan fingerprint density at radius 3 is 0.514 bits per heavy atom. The standard InChI is InChI=1S/C33H41F27O12/c34-25(35,36)22(26(37,38)39,27(40,41)42)70-18-21(19-71-23(28(43,44)45,29(46,47)48)30(49,50)51,20-72-24(31(52,53)54,32(55,56)57)33(58,59)60)17-69-16-15-68-14-13-67-12-11-66-10-9-65-8-7-64-6-5-63-4-3-62-2-1-61/h61H,1-20H2. The van der Waals surface area contributed by atoms with Crippen LogP contribution >= 0.6 is 0 Å². The first-order chi connectivity index (χ1) is 32.4. The topological polar surface area (TPSA) is 122 Å². The smallest absolute Gasteiger partial charge is 0.394 e. The zero-order valence-electron chi connectivity index (χ0n) is 35.8. The van der Waals surface area contributed by atoms with Crippen molar-refractivity contribution in [3.8, 4) is 0 Å². The average Bonchev–Trinajstić information content (AvgIpc) is 3.15. The lowest BCUT2D eigenvalue weighted by Crippen LogP contribution is -2.71. The highest BCUT2D eigenvalue weighted by Gasteiger charge is 2.88. The zero-order chi connectivity index (χ0) is 56.4. The Balaban J connectivity index is 6.50. The van der Waals surface area contributed by atoms with Gasteiger partial charge in [-0.15, -0.1) is 0 Å². The van der Waals surface area contributed by atoms with E-state index in [0.717, 1.165) is 0 Å². The average molecular weight is 1140 g/mol. The molecule has 434 valence electrons. The van der Waals surface area contributed by atoms with Crippen molar-refractivity contribution in [3.63, 3.8) is 0 Å². The molecule has 0 aliphatic carbocycles. The van der Waals surface area contributed by atoms with E-state index >= 15 is 0 Å². The summed E-state index contributed by atoms with van der Waals surface area (Å²) in [7, 11) is 0. The molecular formula is C33H41F27O12. The summed E-state index contributed by atoms with van der Waals surface area (Å²) in [6.45, 7) is -18.2. The molecule has 0 aliphatic heterocycles. The maximum atomic E-state index is 13.7. The maximum absolute atomic E-state index is 13.7. The van der Waals surface area contributed by atoms with Crippen molar-refractivity contribution in [2.75, 3.05) is 132 Å². The fraction of sp³-hybridized carbons (Fsp3) is 1.00. The van der Waals surface area contributed by atoms with Crippen LogP contribution in [0.4, 0.5) is 119 Å². The Bertz CT molecular complexity index is 1250. The number of ether oxygens (including phenoxy) is 11. The predicted octanol–water partition coefficient (Wildman–Crippen LogP) is 8.42. The van der Waals surface area contributed by atoms with Crippen molar-refractivity contribution in [1.29, 1.82) is 0 Å². The van der Waals surface area contributed by atoms with Crippen molar-refractivity contribution in [1.82, 2.24) is 0 Å². The van der Waals surface area contributed by atoms with Crippen LogP contribution in [0.5, 0.6) is 0 Å². The monoisotopic (exact) mass is 1140 g/mol. The zero-order valence-corrected chi connectivity index (χ0v) is 35.8. The highest BCUT2D eigenvalue weighted by molar-refractivity contribution is 5.07. The summed E-state index contributed by atoms with van der Waals surface area (Å²) in [5.74, 6) is 0. The van der Waals surface area contributed by atoms with Crippen LogP contribution in [0.3, 0.4) is 0 Å². The summed E-state index contributed by atoms with van der Waals surface area (Å²) in [5, 5.41) is 8.55. The third-order valence-electron chi connectivity index (χ3n) is 8.63. The summed E-state index contributed by atoms with van der Waals surface area (Å²) in [5.41, 5.74) is -29.0. The van der Waals surface area contributed by atoms with E-state index in [1.807, 2.05) is 0 Å². The first-order valence-corrected chi connectivity index (χ1v) is 19.2. The van der Waals surface area contributed by atoms with Crippen molar-refractivity contribution >= 4 is 0 Å². The molecule has 12 nitrogen and oxygen atoms in total. The van der Waals surface area contributed by atoms with Crippen LogP contribution in [0.15, 0.2) is 0 Å². The molecule has 0 amide bonds. The molecule has 0 heterocycles. The minimum Gasteiger partial charge on any atom is -0.394 e. The second kappa shape index (κ2) is 27.6. The quantitative estimate of drug-likeness (QED) is 0.0492. The lowest BCUT2D eigenvalue weighted by atomic mass is 9.89.